The van der Waals surface area contributed by atoms with Gasteiger partial charge < -0.3 is 5.32 Å². The average molecular weight is 360 g/mol. The zero-order chi connectivity index (χ0) is 15.4. The van der Waals surface area contributed by atoms with E-state index in [9.17, 15) is 8.78 Å². The number of hydrogen-bond donors (Lipinski definition) is 1. The maximum atomic E-state index is 14.2. The first-order valence-electron chi connectivity index (χ1n) is 7.83. The van der Waals surface area contributed by atoms with Crippen LogP contribution in [0.15, 0.2) is 16.6 Å². The van der Waals surface area contributed by atoms with Gasteiger partial charge in [0.05, 0.1) is 4.47 Å². The number of halogens is 3. The first-order chi connectivity index (χ1) is 10.1. The maximum Gasteiger partial charge on any atom is 0.143 e. The molecule has 1 aliphatic carbocycles. The molecule has 2 rings (SSSR count). The van der Waals surface area contributed by atoms with Crippen LogP contribution in [0.5, 0.6) is 0 Å². The van der Waals surface area contributed by atoms with Crippen molar-refractivity contribution >= 4 is 15.9 Å². The highest BCUT2D eigenvalue weighted by Crippen LogP contribution is 2.38. The molecular weight excluding hydrogens is 336 g/mol. The molecule has 3 atom stereocenters. The summed E-state index contributed by atoms with van der Waals surface area (Å²) in [7, 11) is 1.95. The lowest BCUT2D eigenvalue weighted by Crippen LogP contribution is -2.33. The molecule has 1 nitrogen and oxygen atoms in total. The largest absolute Gasteiger partial charge is 0.319 e. The minimum absolute atomic E-state index is 0.243. The molecule has 1 N–H and O–H groups in total. The molecule has 1 fully saturated rings. The van der Waals surface area contributed by atoms with Crippen molar-refractivity contribution in [1.29, 1.82) is 0 Å². The lowest BCUT2D eigenvalue weighted by molar-refractivity contribution is 0.171. The number of hydrogen-bond acceptors (Lipinski definition) is 1. The van der Waals surface area contributed by atoms with E-state index in [1.807, 2.05) is 7.05 Å². The van der Waals surface area contributed by atoms with E-state index >= 15 is 0 Å². The zero-order valence-corrected chi connectivity index (χ0v) is 14.3. The molecule has 3 unspecified atom stereocenters. The molecule has 1 aliphatic rings. The molecule has 1 aromatic carbocycles. The van der Waals surface area contributed by atoms with Gasteiger partial charge in [-0.05, 0) is 78.7 Å². The van der Waals surface area contributed by atoms with Crippen molar-refractivity contribution in [1.82, 2.24) is 5.32 Å². The molecule has 1 aromatic rings. The summed E-state index contributed by atoms with van der Waals surface area (Å²) in [6, 6.07) is 2.80. The van der Waals surface area contributed by atoms with Gasteiger partial charge >= 0.3 is 0 Å². The van der Waals surface area contributed by atoms with E-state index in [0.29, 0.717) is 28.6 Å². The van der Waals surface area contributed by atoms with Crippen molar-refractivity contribution in [3.8, 4) is 0 Å². The van der Waals surface area contributed by atoms with E-state index in [2.05, 4.69) is 28.2 Å². The van der Waals surface area contributed by atoms with Crippen LogP contribution < -0.4 is 5.32 Å². The topological polar surface area (TPSA) is 12.0 Å². The van der Waals surface area contributed by atoms with E-state index in [1.54, 1.807) is 0 Å². The Morgan fingerprint density at radius 1 is 1.24 bits per heavy atom. The maximum absolute atomic E-state index is 14.2. The van der Waals surface area contributed by atoms with Gasteiger partial charge in [-0.15, -0.1) is 0 Å². The van der Waals surface area contributed by atoms with Crippen LogP contribution >= 0.6 is 15.9 Å². The second-order valence-electron chi connectivity index (χ2n) is 6.19. The summed E-state index contributed by atoms with van der Waals surface area (Å²) in [5.74, 6) is 0.709. The van der Waals surface area contributed by atoms with Crippen molar-refractivity contribution < 1.29 is 8.78 Å². The van der Waals surface area contributed by atoms with Gasteiger partial charge in [0.1, 0.15) is 11.6 Å². The van der Waals surface area contributed by atoms with Gasteiger partial charge in [-0.1, -0.05) is 19.8 Å². The van der Waals surface area contributed by atoms with E-state index in [4.69, 9.17) is 0 Å². The van der Waals surface area contributed by atoms with E-state index in [-0.39, 0.29) is 5.56 Å². The van der Waals surface area contributed by atoms with Crippen molar-refractivity contribution in [2.75, 3.05) is 13.6 Å². The molecule has 0 aliphatic heterocycles. The average Bonchev–Trinajstić information content (AvgIpc) is 2.49. The fourth-order valence-electron chi connectivity index (χ4n) is 3.59. The van der Waals surface area contributed by atoms with Crippen LogP contribution in [0.1, 0.15) is 38.2 Å². The number of rotatable bonds is 5. The Morgan fingerprint density at radius 3 is 2.67 bits per heavy atom. The molecule has 21 heavy (non-hydrogen) atoms. The summed E-state index contributed by atoms with van der Waals surface area (Å²) >= 11 is 3.16. The first kappa shape index (κ1) is 16.9. The van der Waals surface area contributed by atoms with Crippen LogP contribution in [0.2, 0.25) is 0 Å². The normalized spacial score (nSPS) is 26.0. The Hall–Kier alpha value is -0.480. The molecule has 0 heterocycles. The van der Waals surface area contributed by atoms with Gasteiger partial charge in [0.15, 0.2) is 0 Å². The van der Waals surface area contributed by atoms with Gasteiger partial charge in [0, 0.05) is 5.56 Å². The van der Waals surface area contributed by atoms with Crippen LogP contribution in [0.4, 0.5) is 8.78 Å². The van der Waals surface area contributed by atoms with E-state index in [1.165, 1.54) is 18.6 Å². The van der Waals surface area contributed by atoms with Crippen molar-refractivity contribution in [3.63, 3.8) is 0 Å². The van der Waals surface area contributed by atoms with Crippen LogP contribution in [0.3, 0.4) is 0 Å². The minimum Gasteiger partial charge on any atom is -0.319 e. The monoisotopic (exact) mass is 359 g/mol. The summed E-state index contributed by atoms with van der Waals surface area (Å²) in [4.78, 5) is 0. The molecule has 0 aromatic heterocycles. The Balaban J connectivity index is 2.19. The summed E-state index contributed by atoms with van der Waals surface area (Å²) in [6.45, 7) is 3.14. The van der Waals surface area contributed by atoms with E-state index in [0.717, 1.165) is 25.8 Å². The van der Waals surface area contributed by atoms with E-state index < -0.39 is 11.6 Å². The number of nitrogens with one attached hydrogen (secondary N) is 1. The molecule has 1 saturated carbocycles. The Kier molecular flexibility index (Phi) is 6.18. The molecule has 4 heteroatoms. The smallest absolute Gasteiger partial charge is 0.143 e. The fraction of sp³-hybridized carbons (Fsp3) is 0.647. The summed E-state index contributed by atoms with van der Waals surface area (Å²) < 4.78 is 28.6. The predicted molar refractivity (Wildman–Crippen MR) is 86.3 cm³/mol. The quantitative estimate of drug-likeness (QED) is 0.734. The van der Waals surface area contributed by atoms with Crippen molar-refractivity contribution in [3.05, 3.63) is 33.8 Å². The molecule has 0 amide bonds. The Bertz CT molecular complexity index is 478. The molecule has 118 valence electrons. The summed E-state index contributed by atoms with van der Waals surface area (Å²) in [5.41, 5.74) is 0.243. The third-order valence-corrected chi connectivity index (χ3v) is 5.51. The van der Waals surface area contributed by atoms with Crippen LogP contribution in [-0.4, -0.2) is 13.6 Å². The summed E-state index contributed by atoms with van der Waals surface area (Å²) in [5, 5.41) is 3.23. The molecule has 0 saturated heterocycles. The van der Waals surface area contributed by atoms with Gasteiger partial charge in [-0.25, -0.2) is 8.78 Å². The van der Waals surface area contributed by atoms with Gasteiger partial charge in [0.25, 0.3) is 0 Å². The second kappa shape index (κ2) is 7.68. The lowest BCUT2D eigenvalue weighted by atomic mass is 9.71. The molecule has 0 spiro atoms. The second-order valence-corrected chi connectivity index (χ2v) is 7.05. The standard InChI is InChI=1S/C17H24BrF2N/c1-3-11-4-5-12(10-21-2)13(8-11)9-14-16(19)7-6-15(18)17(14)20/h6-7,11-13,21H,3-5,8-10H2,1-2H3. The summed E-state index contributed by atoms with van der Waals surface area (Å²) in [6.07, 6.45) is 5.13. The van der Waals surface area contributed by atoms with Crippen molar-refractivity contribution in [2.45, 2.75) is 39.0 Å². The van der Waals surface area contributed by atoms with Crippen LogP contribution in [-0.2, 0) is 6.42 Å². The highest BCUT2D eigenvalue weighted by Gasteiger charge is 2.31. The fourth-order valence-corrected chi connectivity index (χ4v) is 3.97. The predicted octanol–water partition coefficient (Wildman–Crippen LogP) is 4.93. The number of benzene rings is 1. The van der Waals surface area contributed by atoms with Gasteiger partial charge in [-0.2, -0.15) is 0 Å². The Morgan fingerprint density at radius 2 is 2.00 bits per heavy atom. The SMILES string of the molecule is CCC1CCC(CNC)C(Cc2c(F)ccc(Br)c2F)C1. The minimum atomic E-state index is -0.433. The van der Waals surface area contributed by atoms with Crippen molar-refractivity contribution in [2.24, 2.45) is 17.8 Å². The zero-order valence-electron chi connectivity index (χ0n) is 12.8. The highest BCUT2D eigenvalue weighted by atomic mass is 79.9. The van der Waals surface area contributed by atoms with Gasteiger partial charge in [-0.3, -0.25) is 0 Å². The van der Waals surface area contributed by atoms with Crippen LogP contribution in [0, 0.1) is 29.4 Å². The highest BCUT2D eigenvalue weighted by molar-refractivity contribution is 9.10. The third kappa shape index (κ3) is 4.04. The molecular formula is C17H24BrF2N. The Labute approximate surface area is 134 Å². The lowest BCUT2D eigenvalue weighted by Gasteiger charge is -2.36. The molecule has 0 bridgehead atoms. The van der Waals surface area contributed by atoms with Gasteiger partial charge in [0.2, 0.25) is 0 Å². The van der Waals surface area contributed by atoms with Crippen LogP contribution in [0.25, 0.3) is 0 Å². The first-order valence-corrected chi connectivity index (χ1v) is 8.63. The molecule has 0 radical (unpaired) electrons. The third-order valence-electron chi connectivity index (χ3n) is 4.90.